The first kappa shape index (κ1) is 16.3. The van der Waals surface area contributed by atoms with Crippen LogP contribution in [0.4, 0.5) is 22.0 Å². The van der Waals surface area contributed by atoms with E-state index in [2.05, 4.69) is 34.4 Å². The van der Waals surface area contributed by atoms with E-state index in [1.54, 1.807) is 30.5 Å². The second kappa shape index (κ2) is 7.80. The van der Waals surface area contributed by atoms with E-state index in [1.807, 2.05) is 18.2 Å². The fourth-order valence-corrected chi connectivity index (χ4v) is 2.12. The summed E-state index contributed by atoms with van der Waals surface area (Å²) in [6, 6.07) is 12.0. The topological polar surface area (TPSA) is 81.0 Å². The van der Waals surface area contributed by atoms with Crippen LogP contribution in [0.1, 0.15) is 19.4 Å². The SMILES string of the molecule is CCN(CC)c1ccc(NC(=O)Nc2ccc(C#N)cc2)cn1. The maximum Gasteiger partial charge on any atom is 0.323 e. The van der Waals surface area contributed by atoms with Gasteiger partial charge in [-0.05, 0) is 50.2 Å². The lowest BCUT2D eigenvalue weighted by Gasteiger charge is -2.19. The Balaban J connectivity index is 1.95. The number of amides is 2. The van der Waals surface area contributed by atoms with Gasteiger partial charge in [0.15, 0.2) is 0 Å². The Kier molecular flexibility index (Phi) is 5.53. The van der Waals surface area contributed by atoms with Gasteiger partial charge in [-0.2, -0.15) is 5.26 Å². The van der Waals surface area contributed by atoms with Gasteiger partial charge in [0.05, 0.1) is 23.5 Å². The van der Waals surface area contributed by atoms with Gasteiger partial charge in [0.1, 0.15) is 5.82 Å². The van der Waals surface area contributed by atoms with Gasteiger partial charge in [0.25, 0.3) is 0 Å². The summed E-state index contributed by atoms with van der Waals surface area (Å²) in [6.07, 6.45) is 1.63. The van der Waals surface area contributed by atoms with Crippen LogP contribution in [0.5, 0.6) is 0 Å². The molecule has 2 N–H and O–H groups in total. The molecule has 0 saturated heterocycles. The Bertz CT molecular complexity index is 684. The third kappa shape index (κ3) is 4.45. The second-order valence-corrected chi connectivity index (χ2v) is 4.85. The number of nitriles is 1. The van der Waals surface area contributed by atoms with Gasteiger partial charge >= 0.3 is 6.03 Å². The minimum absolute atomic E-state index is 0.355. The number of pyridine rings is 1. The molecule has 0 fully saturated rings. The molecule has 0 radical (unpaired) electrons. The van der Waals surface area contributed by atoms with E-state index in [4.69, 9.17) is 5.26 Å². The number of urea groups is 1. The molecule has 0 unspecified atom stereocenters. The number of rotatable bonds is 5. The third-order valence-electron chi connectivity index (χ3n) is 3.37. The average molecular weight is 309 g/mol. The van der Waals surface area contributed by atoms with Gasteiger partial charge < -0.3 is 15.5 Å². The molecule has 0 atom stereocenters. The summed E-state index contributed by atoms with van der Waals surface area (Å²) in [5, 5.41) is 14.2. The number of benzene rings is 1. The highest BCUT2D eigenvalue weighted by Gasteiger charge is 2.06. The predicted octanol–water partition coefficient (Wildman–Crippen LogP) is 3.44. The molecular formula is C17H19N5O. The van der Waals surface area contributed by atoms with Crippen molar-refractivity contribution in [3.8, 4) is 6.07 Å². The summed E-state index contributed by atoms with van der Waals surface area (Å²) in [6.45, 7) is 5.91. The number of hydrogen-bond donors (Lipinski definition) is 2. The van der Waals surface area contributed by atoms with Crippen LogP contribution in [0.2, 0.25) is 0 Å². The fourth-order valence-electron chi connectivity index (χ4n) is 2.12. The van der Waals surface area contributed by atoms with Crippen molar-refractivity contribution in [3.05, 3.63) is 48.2 Å². The molecule has 6 heteroatoms. The summed E-state index contributed by atoms with van der Waals surface area (Å²) in [4.78, 5) is 18.4. The molecule has 118 valence electrons. The van der Waals surface area contributed by atoms with E-state index in [0.29, 0.717) is 16.9 Å². The van der Waals surface area contributed by atoms with Crippen molar-refractivity contribution in [2.24, 2.45) is 0 Å². The van der Waals surface area contributed by atoms with E-state index in [-0.39, 0.29) is 6.03 Å². The number of carbonyl (C=O) groups is 1. The molecule has 1 aromatic heterocycles. The molecule has 0 aliphatic carbocycles. The Morgan fingerprint density at radius 2 is 1.70 bits per heavy atom. The standard InChI is InChI=1S/C17H19N5O/c1-3-22(4-2)16-10-9-15(12-19-16)21-17(23)20-14-7-5-13(11-18)6-8-14/h5-10,12H,3-4H2,1-2H3,(H2,20,21,23). The smallest absolute Gasteiger partial charge is 0.323 e. The Hall–Kier alpha value is -3.07. The van der Waals surface area contributed by atoms with E-state index >= 15 is 0 Å². The number of hydrogen-bond acceptors (Lipinski definition) is 4. The summed E-state index contributed by atoms with van der Waals surface area (Å²) in [5.41, 5.74) is 1.79. The molecule has 1 aromatic carbocycles. The summed E-state index contributed by atoms with van der Waals surface area (Å²) >= 11 is 0. The fraction of sp³-hybridized carbons (Fsp3) is 0.235. The Morgan fingerprint density at radius 1 is 1.09 bits per heavy atom. The molecule has 0 bridgehead atoms. The van der Waals surface area contributed by atoms with Gasteiger partial charge in [-0.25, -0.2) is 9.78 Å². The van der Waals surface area contributed by atoms with Crippen molar-refractivity contribution >= 4 is 23.2 Å². The molecule has 6 nitrogen and oxygen atoms in total. The van der Waals surface area contributed by atoms with Crippen LogP contribution >= 0.6 is 0 Å². The van der Waals surface area contributed by atoms with Crippen molar-refractivity contribution in [2.45, 2.75) is 13.8 Å². The normalized spacial score (nSPS) is 9.78. The van der Waals surface area contributed by atoms with Gasteiger partial charge in [0.2, 0.25) is 0 Å². The van der Waals surface area contributed by atoms with Gasteiger partial charge in [-0.3, -0.25) is 0 Å². The first-order chi connectivity index (χ1) is 11.2. The van der Waals surface area contributed by atoms with E-state index in [9.17, 15) is 4.79 Å². The van der Waals surface area contributed by atoms with E-state index in [0.717, 1.165) is 18.9 Å². The molecule has 0 saturated carbocycles. The van der Waals surface area contributed by atoms with Crippen molar-refractivity contribution in [1.29, 1.82) is 5.26 Å². The lowest BCUT2D eigenvalue weighted by Crippen LogP contribution is -2.23. The van der Waals surface area contributed by atoms with Crippen LogP contribution < -0.4 is 15.5 Å². The molecule has 2 aromatic rings. The highest BCUT2D eigenvalue weighted by molar-refractivity contribution is 5.99. The molecule has 2 amide bonds. The maximum absolute atomic E-state index is 11.9. The molecule has 0 aliphatic rings. The van der Waals surface area contributed by atoms with Crippen LogP contribution in [-0.2, 0) is 0 Å². The summed E-state index contributed by atoms with van der Waals surface area (Å²) in [7, 11) is 0. The van der Waals surface area contributed by atoms with E-state index < -0.39 is 0 Å². The van der Waals surface area contributed by atoms with Crippen LogP contribution in [0.3, 0.4) is 0 Å². The molecular weight excluding hydrogens is 290 g/mol. The molecule has 23 heavy (non-hydrogen) atoms. The average Bonchev–Trinajstić information content (AvgIpc) is 2.58. The van der Waals surface area contributed by atoms with Crippen molar-refractivity contribution in [1.82, 2.24) is 4.98 Å². The first-order valence-electron chi connectivity index (χ1n) is 7.45. The molecule has 0 aliphatic heterocycles. The van der Waals surface area contributed by atoms with Gasteiger partial charge in [-0.15, -0.1) is 0 Å². The number of aromatic nitrogens is 1. The minimum Gasteiger partial charge on any atom is -0.357 e. The van der Waals surface area contributed by atoms with Crippen LogP contribution in [-0.4, -0.2) is 24.1 Å². The van der Waals surface area contributed by atoms with Gasteiger partial charge in [0, 0.05) is 18.8 Å². The zero-order valence-electron chi connectivity index (χ0n) is 13.2. The van der Waals surface area contributed by atoms with Gasteiger partial charge in [-0.1, -0.05) is 0 Å². The lowest BCUT2D eigenvalue weighted by molar-refractivity contribution is 0.262. The highest BCUT2D eigenvalue weighted by Crippen LogP contribution is 2.14. The summed E-state index contributed by atoms with van der Waals surface area (Å²) < 4.78 is 0. The highest BCUT2D eigenvalue weighted by atomic mass is 16.2. The molecule has 1 heterocycles. The minimum atomic E-state index is -0.355. The number of nitrogens with zero attached hydrogens (tertiary/aromatic N) is 3. The van der Waals surface area contributed by atoms with E-state index in [1.165, 1.54) is 0 Å². The number of nitrogens with one attached hydrogen (secondary N) is 2. The van der Waals surface area contributed by atoms with Crippen molar-refractivity contribution in [3.63, 3.8) is 0 Å². The van der Waals surface area contributed by atoms with Crippen molar-refractivity contribution < 1.29 is 4.79 Å². The zero-order chi connectivity index (χ0) is 16.7. The number of anilines is 3. The Morgan fingerprint density at radius 3 is 2.22 bits per heavy atom. The lowest BCUT2D eigenvalue weighted by atomic mass is 10.2. The molecule has 0 spiro atoms. The van der Waals surface area contributed by atoms with Crippen LogP contribution in [0.25, 0.3) is 0 Å². The second-order valence-electron chi connectivity index (χ2n) is 4.85. The Labute approximate surface area is 135 Å². The third-order valence-corrected chi connectivity index (χ3v) is 3.37. The van der Waals surface area contributed by atoms with Crippen LogP contribution in [0, 0.1) is 11.3 Å². The monoisotopic (exact) mass is 309 g/mol. The molecule has 2 rings (SSSR count). The first-order valence-corrected chi connectivity index (χ1v) is 7.45. The predicted molar refractivity (Wildman–Crippen MR) is 91.6 cm³/mol. The zero-order valence-corrected chi connectivity index (χ0v) is 13.2. The number of carbonyl (C=O) groups excluding carboxylic acids is 1. The van der Waals surface area contributed by atoms with Crippen molar-refractivity contribution in [2.75, 3.05) is 28.6 Å². The maximum atomic E-state index is 11.9. The van der Waals surface area contributed by atoms with Crippen LogP contribution in [0.15, 0.2) is 42.6 Å². The largest absolute Gasteiger partial charge is 0.357 e. The summed E-state index contributed by atoms with van der Waals surface area (Å²) in [5.74, 6) is 0.882. The quantitative estimate of drug-likeness (QED) is 0.886.